The van der Waals surface area contributed by atoms with Gasteiger partial charge < -0.3 is 0 Å². The first-order chi connectivity index (χ1) is 12.8. The van der Waals surface area contributed by atoms with E-state index in [9.17, 15) is 10.1 Å². The molecule has 1 aromatic heterocycles. The molecule has 4 heteroatoms. The number of fused-ring (bicyclic) bond motifs is 2. The van der Waals surface area contributed by atoms with Gasteiger partial charge in [0.05, 0.1) is 5.56 Å². The van der Waals surface area contributed by atoms with E-state index in [1.165, 1.54) is 12.0 Å². The Morgan fingerprint density at radius 1 is 1.12 bits per heavy atom. The summed E-state index contributed by atoms with van der Waals surface area (Å²) < 4.78 is 0. The first kappa shape index (κ1) is 16.9. The highest BCUT2D eigenvalue weighted by Gasteiger charge is 2.41. The summed E-state index contributed by atoms with van der Waals surface area (Å²) in [5.74, 6) is 0.111. The first-order valence-electron chi connectivity index (χ1n) is 9.45. The number of nitrogens with zero attached hydrogens (tertiary/aromatic N) is 3. The average Bonchev–Trinajstić information content (AvgIpc) is 2.68. The Bertz CT molecular complexity index is 813. The fraction of sp³-hybridized carbons (Fsp3) is 0.409. The highest BCUT2D eigenvalue weighted by molar-refractivity contribution is 5.99. The third-order valence-corrected chi connectivity index (χ3v) is 5.88. The van der Waals surface area contributed by atoms with Crippen LogP contribution in [0.25, 0.3) is 0 Å². The predicted octanol–water partition coefficient (Wildman–Crippen LogP) is 3.97. The third kappa shape index (κ3) is 3.27. The summed E-state index contributed by atoms with van der Waals surface area (Å²) in [7, 11) is 0. The molecule has 0 saturated carbocycles. The Morgan fingerprint density at radius 2 is 1.85 bits per heavy atom. The second-order valence-corrected chi connectivity index (χ2v) is 7.44. The molecule has 2 fully saturated rings. The van der Waals surface area contributed by atoms with Gasteiger partial charge in [0.15, 0.2) is 11.5 Å². The molecule has 26 heavy (non-hydrogen) atoms. The summed E-state index contributed by atoms with van der Waals surface area (Å²) >= 11 is 0. The molecule has 2 bridgehead atoms. The second-order valence-electron chi connectivity index (χ2n) is 7.44. The maximum absolute atomic E-state index is 13.1. The minimum Gasteiger partial charge on any atom is -0.294 e. The van der Waals surface area contributed by atoms with Crippen molar-refractivity contribution in [2.45, 2.75) is 50.7 Å². The Kier molecular flexibility index (Phi) is 4.81. The monoisotopic (exact) mass is 345 g/mol. The van der Waals surface area contributed by atoms with E-state index in [4.69, 9.17) is 0 Å². The van der Waals surface area contributed by atoms with Crippen LogP contribution in [-0.2, 0) is 6.54 Å². The molecular formula is C22H23N3O. The fourth-order valence-corrected chi connectivity index (χ4v) is 4.66. The molecule has 0 spiro atoms. The highest BCUT2D eigenvalue weighted by Crippen LogP contribution is 2.39. The zero-order valence-corrected chi connectivity index (χ0v) is 14.8. The molecule has 0 amide bonds. The van der Waals surface area contributed by atoms with Crippen LogP contribution in [0.5, 0.6) is 0 Å². The SMILES string of the molecule is N#Cc1ncccc1C(=O)C1CC2CCCC(C1)N2Cc1ccccc1. The number of carbonyl (C=O) groups is 1. The third-order valence-electron chi connectivity index (χ3n) is 5.88. The van der Waals surface area contributed by atoms with Gasteiger partial charge in [-0.3, -0.25) is 9.69 Å². The summed E-state index contributed by atoms with van der Waals surface area (Å²) in [4.78, 5) is 19.7. The van der Waals surface area contributed by atoms with Gasteiger partial charge in [-0.1, -0.05) is 36.8 Å². The van der Waals surface area contributed by atoms with Crippen LogP contribution in [0.3, 0.4) is 0 Å². The van der Waals surface area contributed by atoms with Gasteiger partial charge in [0.25, 0.3) is 0 Å². The van der Waals surface area contributed by atoms with Crippen molar-refractivity contribution in [3.8, 4) is 6.07 Å². The van der Waals surface area contributed by atoms with Crippen molar-refractivity contribution < 1.29 is 4.79 Å². The number of ketones is 1. The van der Waals surface area contributed by atoms with Crippen LogP contribution in [0.2, 0.25) is 0 Å². The van der Waals surface area contributed by atoms with E-state index < -0.39 is 0 Å². The van der Waals surface area contributed by atoms with Crippen LogP contribution >= 0.6 is 0 Å². The Hall–Kier alpha value is -2.51. The summed E-state index contributed by atoms with van der Waals surface area (Å²) in [6, 6.07) is 17.1. The molecule has 2 aliphatic heterocycles. The van der Waals surface area contributed by atoms with Crippen LogP contribution in [0.1, 0.15) is 53.7 Å². The van der Waals surface area contributed by atoms with E-state index >= 15 is 0 Å². The van der Waals surface area contributed by atoms with Crippen molar-refractivity contribution in [2.24, 2.45) is 5.92 Å². The summed E-state index contributed by atoms with van der Waals surface area (Å²) in [5.41, 5.74) is 2.09. The molecule has 2 aliphatic rings. The number of piperidine rings is 2. The van der Waals surface area contributed by atoms with E-state index in [-0.39, 0.29) is 17.4 Å². The fourth-order valence-electron chi connectivity index (χ4n) is 4.66. The maximum Gasteiger partial charge on any atom is 0.168 e. The summed E-state index contributed by atoms with van der Waals surface area (Å²) in [6.45, 7) is 0.966. The largest absolute Gasteiger partial charge is 0.294 e. The first-order valence-corrected chi connectivity index (χ1v) is 9.45. The lowest BCUT2D eigenvalue weighted by Crippen LogP contribution is -2.52. The van der Waals surface area contributed by atoms with Crippen molar-refractivity contribution >= 4 is 5.78 Å². The quantitative estimate of drug-likeness (QED) is 0.787. The van der Waals surface area contributed by atoms with E-state index in [2.05, 4.69) is 46.3 Å². The minimum absolute atomic E-state index is 0.00798. The highest BCUT2D eigenvalue weighted by atomic mass is 16.1. The van der Waals surface area contributed by atoms with Gasteiger partial charge in [0, 0.05) is 30.7 Å². The Balaban J connectivity index is 1.53. The number of Topliss-reactive ketones (excluding diaryl/α,β-unsaturated/α-hetero) is 1. The molecule has 132 valence electrons. The standard InChI is InChI=1S/C22H23N3O/c23-14-21-20(10-5-11-24-21)22(26)17-12-18-8-4-9-19(13-17)25(18)15-16-6-2-1-3-7-16/h1-3,5-7,10-11,17-19H,4,8-9,12-13,15H2. The molecule has 2 atom stereocenters. The molecule has 0 N–H and O–H groups in total. The molecule has 1 aromatic carbocycles. The van der Waals surface area contributed by atoms with Gasteiger partial charge >= 0.3 is 0 Å². The Morgan fingerprint density at radius 3 is 2.54 bits per heavy atom. The van der Waals surface area contributed by atoms with Gasteiger partial charge in [0.1, 0.15) is 6.07 Å². The van der Waals surface area contributed by atoms with Crippen LogP contribution < -0.4 is 0 Å². The van der Waals surface area contributed by atoms with Gasteiger partial charge in [-0.25, -0.2) is 4.98 Å². The van der Waals surface area contributed by atoms with Crippen molar-refractivity contribution in [2.75, 3.05) is 0 Å². The van der Waals surface area contributed by atoms with Crippen LogP contribution in [-0.4, -0.2) is 27.8 Å². The number of carbonyl (C=O) groups excluding carboxylic acids is 1. The molecule has 4 nitrogen and oxygen atoms in total. The number of benzene rings is 1. The zero-order chi connectivity index (χ0) is 17.9. The number of hydrogen-bond donors (Lipinski definition) is 0. The van der Waals surface area contributed by atoms with Crippen molar-refractivity contribution in [3.05, 3.63) is 65.5 Å². The molecule has 2 unspecified atom stereocenters. The smallest absolute Gasteiger partial charge is 0.168 e. The molecule has 2 saturated heterocycles. The number of aromatic nitrogens is 1. The van der Waals surface area contributed by atoms with E-state index in [0.717, 1.165) is 32.2 Å². The Labute approximate surface area is 154 Å². The second kappa shape index (κ2) is 7.39. The van der Waals surface area contributed by atoms with Gasteiger partial charge in [0.2, 0.25) is 0 Å². The van der Waals surface area contributed by atoms with Crippen LogP contribution in [0.15, 0.2) is 48.7 Å². The predicted molar refractivity (Wildman–Crippen MR) is 99.4 cm³/mol. The molecule has 0 aliphatic carbocycles. The normalized spacial score (nSPS) is 25.4. The lowest BCUT2D eigenvalue weighted by molar-refractivity contribution is 0.00904. The number of nitriles is 1. The van der Waals surface area contributed by atoms with Crippen molar-refractivity contribution in [3.63, 3.8) is 0 Å². The summed E-state index contributed by atoms with van der Waals surface area (Å²) in [5, 5.41) is 9.26. The summed E-state index contributed by atoms with van der Waals surface area (Å²) in [6.07, 6.45) is 6.92. The van der Waals surface area contributed by atoms with E-state index in [1.54, 1.807) is 18.3 Å². The number of pyridine rings is 1. The maximum atomic E-state index is 13.1. The number of rotatable bonds is 4. The van der Waals surface area contributed by atoms with Gasteiger partial charge in [-0.05, 0) is 43.4 Å². The zero-order valence-electron chi connectivity index (χ0n) is 14.8. The molecule has 2 aromatic rings. The lowest BCUT2D eigenvalue weighted by atomic mass is 9.75. The molecule has 0 radical (unpaired) electrons. The van der Waals surface area contributed by atoms with Gasteiger partial charge in [-0.15, -0.1) is 0 Å². The van der Waals surface area contributed by atoms with E-state index in [1.807, 2.05) is 0 Å². The molecular weight excluding hydrogens is 322 g/mol. The molecule has 3 heterocycles. The lowest BCUT2D eigenvalue weighted by Gasteiger charge is -2.48. The van der Waals surface area contributed by atoms with Crippen LogP contribution in [0.4, 0.5) is 0 Å². The van der Waals surface area contributed by atoms with E-state index in [0.29, 0.717) is 17.6 Å². The van der Waals surface area contributed by atoms with Crippen molar-refractivity contribution in [1.82, 2.24) is 9.88 Å². The number of hydrogen-bond acceptors (Lipinski definition) is 4. The van der Waals surface area contributed by atoms with Crippen LogP contribution in [0, 0.1) is 17.2 Å². The van der Waals surface area contributed by atoms with Crippen molar-refractivity contribution in [1.29, 1.82) is 5.26 Å². The van der Waals surface area contributed by atoms with Gasteiger partial charge in [-0.2, -0.15) is 5.26 Å². The molecule has 4 rings (SSSR count). The topological polar surface area (TPSA) is 57.0 Å². The minimum atomic E-state index is 0.00798. The average molecular weight is 345 g/mol.